The summed E-state index contributed by atoms with van der Waals surface area (Å²) in [6.45, 7) is 3.54. The number of nitriles is 1. The third kappa shape index (κ3) is 2.73. The summed E-state index contributed by atoms with van der Waals surface area (Å²) >= 11 is -0.0382. The molecular weight excluding hydrogens is 255 g/mol. The van der Waals surface area contributed by atoms with E-state index in [-0.39, 0.29) is 15.0 Å². The molecule has 2 rings (SSSR count). The average molecular weight is 267 g/mol. The molecule has 1 heterocycles. The molecule has 1 fully saturated rings. The van der Waals surface area contributed by atoms with Gasteiger partial charge >= 0.3 is 95.5 Å². The topological polar surface area (TPSA) is 36.3 Å². The number of anilines is 1. The van der Waals surface area contributed by atoms with Gasteiger partial charge in [0.2, 0.25) is 0 Å². The summed E-state index contributed by atoms with van der Waals surface area (Å²) in [5.74, 6) is 0. The summed E-state index contributed by atoms with van der Waals surface area (Å²) in [4.78, 5) is 4.52. The third-order valence-electron chi connectivity index (χ3n) is 2.38. The fraction of sp³-hybridized carbons (Fsp3) is 0.364. The van der Waals surface area contributed by atoms with Crippen molar-refractivity contribution in [2.24, 2.45) is 0 Å². The Kier molecular flexibility index (Phi) is 3.63. The van der Waals surface area contributed by atoms with Gasteiger partial charge in [-0.2, -0.15) is 0 Å². The molecule has 0 N–H and O–H groups in total. The number of rotatable bonds is 2. The van der Waals surface area contributed by atoms with Gasteiger partial charge in [0, 0.05) is 0 Å². The molecule has 0 radical (unpaired) electrons. The summed E-state index contributed by atoms with van der Waals surface area (Å²) in [7, 11) is 0. The Labute approximate surface area is 95.8 Å². The van der Waals surface area contributed by atoms with Crippen molar-refractivity contribution < 1.29 is 4.74 Å². The van der Waals surface area contributed by atoms with E-state index in [9.17, 15) is 0 Å². The van der Waals surface area contributed by atoms with Crippen LogP contribution in [-0.2, 0) is 4.74 Å². The zero-order valence-electron chi connectivity index (χ0n) is 8.35. The van der Waals surface area contributed by atoms with E-state index in [1.807, 2.05) is 12.1 Å². The maximum absolute atomic E-state index is 8.59. The van der Waals surface area contributed by atoms with Gasteiger partial charge in [-0.1, -0.05) is 0 Å². The number of benzene rings is 1. The van der Waals surface area contributed by atoms with E-state index in [0.717, 1.165) is 30.8 Å². The summed E-state index contributed by atoms with van der Waals surface area (Å²) in [5.41, 5.74) is 1.23. The third-order valence-corrected chi connectivity index (χ3v) is 3.63. The van der Waals surface area contributed by atoms with Crippen LogP contribution < -0.4 is 9.36 Å². The summed E-state index contributed by atoms with van der Waals surface area (Å²) in [5, 5.41) is 8.59. The first kappa shape index (κ1) is 10.5. The fourth-order valence-corrected chi connectivity index (χ4v) is 2.39. The van der Waals surface area contributed by atoms with Crippen LogP contribution in [0.2, 0.25) is 0 Å². The first-order valence-corrected chi connectivity index (χ1v) is 6.60. The molecule has 1 aromatic rings. The molecule has 0 unspecified atom stereocenters. The average Bonchev–Trinajstić information content (AvgIpc) is 2.32. The van der Waals surface area contributed by atoms with Gasteiger partial charge in [-0.3, -0.25) is 0 Å². The van der Waals surface area contributed by atoms with E-state index in [1.165, 1.54) is 5.69 Å². The number of morpholine rings is 1. The van der Waals surface area contributed by atoms with Crippen LogP contribution in [0.4, 0.5) is 5.69 Å². The summed E-state index contributed by atoms with van der Waals surface area (Å²) < 4.78 is 6.44. The second-order valence-corrected chi connectivity index (χ2v) is 5.09. The van der Waals surface area contributed by atoms with Crippen LogP contribution in [0.3, 0.4) is 0 Å². The molecule has 1 saturated heterocycles. The first-order valence-electron chi connectivity index (χ1n) is 4.89. The van der Waals surface area contributed by atoms with E-state index in [1.54, 1.807) is 0 Å². The molecule has 0 bridgehead atoms. The first-order chi connectivity index (χ1) is 7.40. The Morgan fingerprint density at radius 3 is 2.47 bits per heavy atom. The minimum atomic E-state index is -0.0382. The van der Waals surface area contributed by atoms with Crippen LogP contribution >= 0.6 is 0 Å². The molecule has 0 atom stereocenters. The van der Waals surface area contributed by atoms with E-state index < -0.39 is 0 Å². The van der Waals surface area contributed by atoms with Crippen LogP contribution in [0.5, 0.6) is 0 Å². The monoisotopic (exact) mass is 268 g/mol. The van der Waals surface area contributed by atoms with Crippen LogP contribution in [0.25, 0.3) is 0 Å². The van der Waals surface area contributed by atoms with Crippen molar-refractivity contribution in [3.8, 4) is 4.97 Å². The molecule has 0 saturated carbocycles. The molecule has 1 aliphatic rings. The molecule has 1 aliphatic heterocycles. The molecule has 3 nitrogen and oxygen atoms in total. The van der Waals surface area contributed by atoms with Gasteiger partial charge in [0.05, 0.1) is 0 Å². The quantitative estimate of drug-likeness (QED) is 0.725. The van der Waals surface area contributed by atoms with Gasteiger partial charge in [0.15, 0.2) is 0 Å². The molecule has 0 spiro atoms. The van der Waals surface area contributed by atoms with E-state index in [0.29, 0.717) is 0 Å². The Hall–Kier alpha value is -1.01. The van der Waals surface area contributed by atoms with Gasteiger partial charge in [-0.15, -0.1) is 0 Å². The van der Waals surface area contributed by atoms with E-state index >= 15 is 0 Å². The Balaban J connectivity index is 2.05. The standard InChI is InChI=1S/C11H12N2OSe/c12-9-15-11-3-1-10(2-4-11)13-5-7-14-8-6-13/h1-4H,5-8H2. The van der Waals surface area contributed by atoms with Gasteiger partial charge < -0.3 is 0 Å². The summed E-state index contributed by atoms with van der Waals surface area (Å²) in [6.07, 6.45) is 0. The number of ether oxygens (including phenoxy) is 1. The zero-order chi connectivity index (χ0) is 10.5. The fourth-order valence-electron chi connectivity index (χ4n) is 1.60. The van der Waals surface area contributed by atoms with Crippen molar-refractivity contribution in [1.29, 1.82) is 5.26 Å². The molecule has 4 heteroatoms. The van der Waals surface area contributed by atoms with Crippen molar-refractivity contribution in [2.45, 2.75) is 0 Å². The Morgan fingerprint density at radius 1 is 1.20 bits per heavy atom. The second-order valence-electron chi connectivity index (χ2n) is 3.29. The van der Waals surface area contributed by atoms with Crippen LogP contribution in [-0.4, -0.2) is 41.3 Å². The molecule has 0 aromatic heterocycles. The Morgan fingerprint density at radius 2 is 1.87 bits per heavy atom. The normalized spacial score (nSPS) is 16.1. The van der Waals surface area contributed by atoms with Gasteiger partial charge in [0.25, 0.3) is 0 Å². The molecule has 15 heavy (non-hydrogen) atoms. The van der Waals surface area contributed by atoms with Crippen molar-refractivity contribution in [3.63, 3.8) is 0 Å². The van der Waals surface area contributed by atoms with Crippen LogP contribution in [0, 0.1) is 10.2 Å². The van der Waals surface area contributed by atoms with Crippen molar-refractivity contribution in [3.05, 3.63) is 24.3 Å². The predicted octanol–water partition coefficient (Wildman–Crippen LogP) is 0.334. The van der Waals surface area contributed by atoms with Crippen molar-refractivity contribution in [2.75, 3.05) is 31.2 Å². The SMILES string of the molecule is N#C[Se]c1ccc(N2CCOCC2)cc1. The molecule has 1 aromatic carbocycles. The van der Waals surface area contributed by atoms with Gasteiger partial charge in [-0.25, -0.2) is 0 Å². The maximum atomic E-state index is 8.59. The van der Waals surface area contributed by atoms with Gasteiger partial charge in [-0.05, 0) is 0 Å². The Bertz CT molecular complexity index is 352. The number of hydrogen-bond donors (Lipinski definition) is 0. The van der Waals surface area contributed by atoms with Crippen molar-refractivity contribution in [1.82, 2.24) is 0 Å². The van der Waals surface area contributed by atoms with Crippen LogP contribution in [0.15, 0.2) is 24.3 Å². The molecule has 78 valence electrons. The molecular formula is C11H12N2OSe. The van der Waals surface area contributed by atoms with Crippen LogP contribution in [0.1, 0.15) is 0 Å². The molecule has 0 aliphatic carbocycles. The summed E-state index contributed by atoms with van der Waals surface area (Å²) in [6, 6.07) is 8.29. The second kappa shape index (κ2) is 5.18. The zero-order valence-corrected chi connectivity index (χ0v) is 10.1. The van der Waals surface area contributed by atoms with E-state index in [2.05, 4.69) is 22.0 Å². The minimum absolute atomic E-state index is 0.0382. The van der Waals surface area contributed by atoms with Crippen molar-refractivity contribution >= 4 is 25.1 Å². The van der Waals surface area contributed by atoms with E-state index in [4.69, 9.17) is 10.00 Å². The number of nitrogens with zero attached hydrogens (tertiary/aromatic N) is 2. The predicted molar refractivity (Wildman–Crippen MR) is 60.5 cm³/mol. The number of hydrogen-bond acceptors (Lipinski definition) is 3. The van der Waals surface area contributed by atoms with Gasteiger partial charge in [0.1, 0.15) is 0 Å². The molecule has 0 amide bonds.